The van der Waals surface area contributed by atoms with Crippen molar-refractivity contribution < 1.29 is 33.6 Å². The molecule has 0 saturated carbocycles. The van der Waals surface area contributed by atoms with Gasteiger partial charge in [-0.05, 0) is 46.5 Å². The Bertz CT molecular complexity index is 1980. The lowest BCUT2D eigenvalue weighted by molar-refractivity contribution is -0.0967. The number of carbonyl (C=O) groups is 1. The van der Waals surface area contributed by atoms with Gasteiger partial charge in [0.25, 0.3) is 11.5 Å². The van der Waals surface area contributed by atoms with E-state index in [0.717, 1.165) is 33.0 Å². The quantitative estimate of drug-likeness (QED) is 0.157. The smallest absolute Gasteiger partial charge is 0.330 e. The number of aromatic amines is 1. The minimum atomic E-state index is -1.27. The molecule has 0 spiro atoms. The fraction of sp³-hybridized carbons (Fsp3) is 0.256. The molecule has 4 aromatic carbocycles. The summed E-state index contributed by atoms with van der Waals surface area (Å²) in [5.41, 5.74) is -0.0316. The molecule has 0 aliphatic carbocycles. The monoisotopic (exact) mass is 693 g/mol. The van der Waals surface area contributed by atoms with Crippen LogP contribution in [0.25, 0.3) is 0 Å². The number of carbonyl (C=O) groups excluding carboxylic acids is 1. The van der Waals surface area contributed by atoms with Gasteiger partial charge < -0.3 is 34.1 Å². The van der Waals surface area contributed by atoms with Gasteiger partial charge >= 0.3 is 5.69 Å². The van der Waals surface area contributed by atoms with Crippen LogP contribution in [-0.4, -0.2) is 66.8 Å². The standard InChI is InChI=1S/C39H39N3O9/c1-47-29-18-14-27(15-19-29)39(26-12-8-5-9-13-26,28-16-20-30(48-2)21-17-28)50-24-32-33(43)34(49-3)37(51-32)42-23-31(36(45)41-38(42)46)35(44)40-22-25-10-6-4-7-11-25/h4-21,23,32-34,37,43H,22,24H2,1-3H3,(H,40,44)(H,41,45,46)/t32-,33-,34-,37-/m1/s1. The van der Waals surface area contributed by atoms with Crippen LogP contribution in [0.3, 0.4) is 0 Å². The summed E-state index contributed by atoms with van der Waals surface area (Å²) in [5, 5.41) is 14.2. The number of rotatable bonds is 13. The highest BCUT2D eigenvalue weighted by Crippen LogP contribution is 2.43. The lowest BCUT2D eigenvalue weighted by Gasteiger charge is -2.37. The average Bonchev–Trinajstić information content (AvgIpc) is 3.49. The van der Waals surface area contributed by atoms with Gasteiger partial charge in [0.15, 0.2) is 6.23 Å². The zero-order chi connectivity index (χ0) is 36.0. The molecule has 264 valence electrons. The fourth-order valence-electron chi connectivity index (χ4n) is 6.33. The number of nitrogens with zero attached hydrogens (tertiary/aromatic N) is 1. The second kappa shape index (κ2) is 15.6. The summed E-state index contributed by atoms with van der Waals surface area (Å²) >= 11 is 0. The van der Waals surface area contributed by atoms with Crippen LogP contribution in [0.4, 0.5) is 0 Å². The highest BCUT2D eigenvalue weighted by atomic mass is 16.6. The number of ether oxygens (including phenoxy) is 5. The van der Waals surface area contributed by atoms with Crippen LogP contribution in [0.2, 0.25) is 0 Å². The van der Waals surface area contributed by atoms with E-state index in [1.165, 1.54) is 7.11 Å². The molecule has 1 aliphatic heterocycles. The van der Waals surface area contributed by atoms with E-state index in [9.17, 15) is 19.5 Å². The Kier molecular flexibility index (Phi) is 10.8. The number of amides is 1. The van der Waals surface area contributed by atoms with Crippen LogP contribution in [0, 0.1) is 0 Å². The van der Waals surface area contributed by atoms with Crippen molar-refractivity contribution >= 4 is 5.91 Å². The number of hydrogen-bond donors (Lipinski definition) is 3. The predicted octanol–water partition coefficient (Wildman–Crippen LogP) is 3.77. The lowest BCUT2D eigenvalue weighted by Crippen LogP contribution is -2.42. The summed E-state index contributed by atoms with van der Waals surface area (Å²) in [5.74, 6) is 0.637. The van der Waals surface area contributed by atoms with Crippen molar-refractivity contribution in [1.29, 1.82) is 0 Å². The third-order valence-corrected chi connectivity index (χ3v) is 9.00. The number of hydrogen-bond acceptors (Lipinski definition) is 9. The molecule has 3 N–H and O–H groups in total. The van der Waals surface area contributed by atoms with Crippen molar-refractivity contribution in [2.75, 3.05) is 27.9 Å². The van der Waals surface area contributed by atoms with Crippen molar-refractivity contribution in [3.63, 3.8) is 0 Å². The molecular weight excluding hydrogens is 654 g/mol. The number of aliphatic hydroxyl groups excluding tert-OH is 1. The van der Waals surface area contributed by atoms with Gasteiger partial charge in [-0.2, -0.15) is 0 Å². The first-order valence-corrected chi connectivity index (χ1v) is 16.3. The third-order valence-electron chi connectivity index (χ3n) is 9.00. The van der Waals surface area contributed by atoms with Gasteiger partial charge in [-0.15, -0.1) is 0 Å². The first-order chi connectivity index (χ1) is 24.8. The summed E-state index contributed by atoms with van der Waals surface area (Å²) in [6, 6.07) is 33.8. The van der Waals surface area contributed by atoms with Gasteiger partial charge in [0, 0.05) is 19.9 Å². The Balaban J connectivity index is 1.33. The van der Waals surface area contributed by atoms with Crippen LogP contribution < -0.4 is 26.0 Å². The largest absolute Gasteiger partial charge is 0.497 e. The van der Waals surface area contributed by atoms with Gasteiger partial charge in [-0.1, -0.05) is 84.9 Å². The van der Waals surface area contributed by atoms with Crippen molar-refractivity contribution in [3.05, 3.63) is 164 Å². The van der Waals surface area contributed by atoms with E-state index in [2.05, 4.69) is 10.3 Å². The zero-order valence-electron chi connectivity index (χ0n) is 28.4. The normalized spacial score (nSPS) is 18.7. The van der Waals surface area contributed by atoms with E-state index in [4.69, 9.17) is 23.7 Å². The summed E-state index contributed by atoms with van der Waals surface area (Å²) in [7, 11) is 4.56. The SMILES string of the molecule is COc1ccc(C(OC[C@H]2O[C@@H](n3cc(C(=O)NCc4ccccc4)c(=O)[nH]c3=O)[C@H](OC)[C@@H]2O)(c2ccccc2)c2ccc(OC)cc2)cc1. The third kappa shape index (κ3) is 7.21. The van der Waals surface area contributed by atoms with Gasteiger partial charge in [-0.25, -0.2) is 4.79 Å². The molecule has 5 aromatic rings. The van der Waals surface area contributed by atoms with Crippen LogP contribution in [-0.2, 0) is 26.4 Å². The maximum Gasteiger partial charge on any atom is 0.330 e. The topological polar surface area (TPSA) is 150 Å². The van der Waals surface area contributed by atoms with Crippen molar-refractivity contribution in [3.8, 4) is 11.5 Å². The molecule has 1 aliphatic rings. The Morgan fingerprint density at radius 3 is 1.92 bits per heavy atom. The van der Waals surface area contributed by atoms with E-state index in [1.807, 2.05) is 109 Å². The fourth-order valence-corrected chi connectivity index (χ4v) is 6.33. The molecule has 6 rings (SSSR count). The number of aliphatic hydroxyl groups is 1. The Labute approximate surface area is 294 Å². The molecule has 0 bridgehead atoms. The van der Waals surface area contributed by atoms with Crippen LogP contribution >= 0.6 is 0 Å². The Morgan fingerprint density at radius 2 is 1.37 bits per heavy atom. The molecule has 1 aromatic heterocycles. The molecule has 1 amide bonds. The molecular formula is C39H39N3O9. The molecule has 1 fully saturated rings. The van der Waals surface area contributed by atoms with Gasteiger partial charge in [0.2, 0.25) is 0 Å². The summed E-state index contributed by atoms with van der Waals surface area (Å²) < 4.78 is 30.8. The highest BCUT2D eigenvalue weighted by molar-refractivity contribution is 5.93. The molecule has 51 heavy (non-hydrogen) atoms. The van der Waals surface area contributed by atoms with Gasteiger partial charge in [0.1, 0.15) is 41.0 Å². The minimum Gasteiger partial charge on any atom is -0.497 e. The van der Waals surface area contributed by atoms with E-state index in [0.29, 0.717) is 11.5 Å². The molecule has 4 atom stereocenters. The molecule has 0 unspecified atom stereocenters. The van der Waals surface area contributed by atoms with E-state index >= 15 is 0 Å². The number of aromatic nitrogens is 2. The predicted molar refractivity (Wildman–Crippen MR) is 188 cm³/mol. The highest BCUT2D eigenvalue weighted by Gasteiger charge is 2.48. The summed E-state index contributed by atoms with van der Waals surface area (Å²) in [6.07, 6.45) is -3.42. The maximum absolute atomic E-state index is 13.1. The average molecular weight is 694 g/mol. The maximum atomic E-state index is 13.1. The van der Waals surface area contributed by atoms with Gasteiger partial charge in [-0.3, -0.25) is 19.1 Å². The number of benzene rings is 4. The molecule has 1 saturated heterocycles. The molecule has 0 radical (unpaired) electrons. The van der Waals surface area contributed by atoms with Gasteiger partial charge in [0.05, 0.1) is 20.8 Å². The first-order valence-electron chi connectivity index (χ1n) is 16.3. The van der Waals surface area contributed by atoms with Crippen molar-refractivity contribution in [2.45, 2.75) is 36.7 Å². The van der Waals surface area contributed by atoms with Crippen LogP contribution in [0.1, 0.15) is 38.8 Å². The summed E-state index contributed by atoms with van der Waals surface area (Å²) in [6.45, 7) is 0.00947. The van der Waals surface area contributed by atoms with E-state index in [-0.39, 0.29) is 18.7 Å². The lowest BCUT2D eigenvalue weighted by atomic mass is 9.80. The Hall–Kier alpha value is -5.53. The molecule has 2 heterocycles. The number of methoxy groups -OCH3 is 3. The van der Waals surface area contributed by atoms with Crippen molar-refractivity contribution in [1.82, 2.24) is 14.9 Å². The van der Waals surface area contributed by atoms with Crippen LogP contribution in [0.5, 0.6) is 11.5 Å². The Morgan fingerprint density at radius 1 is 0.824 bits per heavy atom. The van der Waals surface area contributed by atoms with Crippen molar-refractivity contribution in [2.24, 2.45) is 0 Å². The molecule has 12 nitrogen and oxygen atoms in total. The minimum absolute atomic E-state index is 0.160. The zero-order valence-corrected chi connectivity index (χ0v) is 28.4. The summed E-state index contributed by atoms with van der Waals surface area (Å²) in [4.78, 5) is 41.2. The first kappa shape index (κ1) is 35.3. The van der Waals surface area contributed by atoms with E-state index in [1.54, 1.807) is 14.2 Å². The van der Waals surface area contributed by atoms with Crippen LogP contribution in [0.15, 0.2) is 125 Å². The second-order valence-electron chi connectivity index (χ2n) is 11.9. The number of nitrogens with one attached hydrogen (secondary N) is 2. The second-order valence-corrected chi connectivity index (χ2v) is 11.9. The molecule has 12 heteroatoms. The number of H-pyrrole nitrogens is 1. The van der Waals surface area contributed by atoms with E-state index < -0.39 is 47.3 Å².